The molecule has 16 heavy (non-hydrogen) atoms. The van der Waals surface area contributed by atoms with E-state index in [2.05, 4.69) is 0 Å². The van der Waals surface area contributed by atoms with Crippen LogP contribution in [0.15, 0.2) is 23.3 Å². The molecule has 0 unspecified atom stereocenters. The fourth-order valence-corrected chi connectivity index (χ4v) is 1.17. The lowest BCUT2D eigenvalue weighted by Gasteiger charge is -2.18. The van der Waals surface area contributed by atoms with Crippen molar-refractivity contribution in [2.75, 3.05) is 0 Å². The molecule has 2 N–H and O–H groups in total. The Hall–Kier alpha value is -1.58. The minimum Gasteiger partial charge on any atom is -0.478 e. The summed E-state index contributed by atoms with van der Waals surface area (Å²) in [6.07, 6.45) is 3.09. The molecule has 0 radical (unpaired) electrons. The maximum absolute atomic E-state index is 11.0. The third-order valence-corrected chi connectivity index (χ3v) is 2.15. The van der Waals surface area contributed by atoms with Crippen LogP contribution < -0.4 is 0 Å². The number of allylic oxidation sites excluding steroid dienone is 2. The van der Waals surface area contributed by atoms with Gasteiger partial charge in [-0.15, -0.1) is 0 Å². The van der Waals surface area contributed by atoms with Gasteiger partial charge in [-0.25, -0.2) is 9.59 Å². The summed E-state index contributed by atoms with van der Waals surface area (Å²) in [6, 6.07) is 0. The highest BCUT2D eigenvalue weighted by molar-refractivity contribution is 5.90. The third-order valence-electron chi connectivity index (χ3n) is 2.15. The van der Waals surface area contributed by atoms with Gasteiger partial charge in [-0.05, 0) is 11.8 Å². The van der Waals surface area contributed by atoms with Gasteiger partial charge in [0, 0.05) is 11.1 Å². The third kappa shape index (κ3) is 4.29. The zero-order valence-electron chi connectivity index (χ0n) is 10.1. The molecule has 0 aromatic carbocycles. The highest BCUT2D eigenvalue weighted by Gasteiger charge is 2.22. The summed E-state index contributed by atoms with van der Waals surface area (Å²) in [6.45, 7) is 7.03. The Morgan fingerprint density at radius 3 is 1.81 bits per heavy atom. The average Bonchev–Trinajstić information content (AvgIpc) is 2.08. The second-order valence-electron chi connectivity index (χ2n) is 4.49. The molecule has 0 rings (SSSR count). The van der Waals surface area contributed by atoms with Crippen molar-refractivity contribution in [1.82, 2.24) is 0 Å². The van der Waals surface area contributed by atoms with Gasteiger partial charge in [-0.2, -0.15) is 0 Å². The fourth-order valence-electron chi connectivity index (χ4n) is 1.17. The van der Waals surface area contributed by atoms with Crippen LogP contribution in [0.25, 0.3) is 0 Å². The SMILES string of the molecule is CCC(=CC=C(C(=O)O)C(C)(C)C)C(=O)O. The Morgan fingerprint density at radius 1 is 1.06 bits per heavy atom. The van der Waals surface area contributed by atoms with Crippen molar-refractivity contribution in [3.8, 4) is 0 Å². The van der Waals surface area contributed by atoms with E-state index in [1.54, 1.807) is 27.7 Å². The maximum atomic E-state index is 11.0. The van der Waals surface area contributed by atoms with E-state index >= 15 is 0 Å². The number of carboxylic acid groups (broad SMARTS) is 2. The van der Waals surface area contributed by atoms with Gasteiger partial charge in [0.15, 0.2) is 0 Å². The molecule has 0 fully saturated rings. The number of rotatable bonds is 4. The van der Waals surface area contributed by atoms with Gasteiger partial charge < -0.3 is 10.2 Å². The predicted molar refractivity (Wildman–Crippen MR) is 61.2 cm³/mol. The number of hydrogen-bond acceptors (Lipinski definition) is 2. The first-order valence-electron chi connectivity index (χ1n) is 5.08. The molecule has 0 heterocycles. The van der Waals surface area contributed by atoms with Crippen LogP contribution in [-0.4, -0.2) is 22.2 Å². The highest BCUT2D eigenvalue weighted by Crippen LogP contribution is 2.25. The lowest BCUT2D eigenvalue weighted by Crippen LogP contribution is -2.17. The van der Waals surface area contributed by atoms with Crippen LogP contribution in [0.1, 0.15) is 34.1 Å². The van der Waals surface area contributed by atoms with Gasteiger partial charge in [0.1, 0.15) is 0 Å². The molecule has 0 atom stereocenters. The molecular formula is C12H18O4. The molecule has 0 aliphatic carbocycles. The highest BCUT2D eigenvalue weighted by atomic mass is 16.4. The molecule has 4 heteroatoms. The van der Waals surface area contributed by atoms with Gasteiger partial charge in [0.25, 0.3) is 0 Å². The quantitative estimate of drug-likeness (QED) is 0.570. The van der Waals surface area contributed by atoms with Crippen molar-refractivity contribution in [2.45, 2.75) is 34.1 Å². The molecule has 0 saturated carbocycles. The van der Waals surface area contributed by atoms with E-state index in [9.17, 15) is 9.59 Å². The van der Waals surface area contributed by atoms with Crippen LogP contribution in [0.4, 0.5) is 0 Å². The normalized spacial score (nSPS) is 13.8. The number of carbonyl (C=O) groups is 2. The Morgan fingerprint density at radius 2 is 1.56 bits per heavy atom. The van der Waals surface area contributed by atoms with Crippen LogP contribution in [0.2, 0.25) is 0 Å². The summed E-state index contributed by atoms with van der Waals surface area (Å²) < 4.78 is 0. The molecule has 0 spiro atoms. The Balaban J connectivity index is 5.25. The van der Waals surface area contributed by atoms with Crippen molar-refractivity contribution in [3.05, 3.63) is 23.3 Å². The van der Waals surface area contributed by atoms with Crippen LogP contribution >= 0.6 is 0 Å². The van der Waals surface area contributed by atoms with Crippen molar-refractivity contribution in [3.63, 3.8) is 0 Å². The Kier molecular flexibility index (Phi) is 4.95. The van der Waals surface area contributed by atoms with Crippen LogP contribution in [0.5, 0.6) is 0 Å². The van der Waals surface area contributed by atoms with Crippen molar-refractivity contribution in [1.29, 1.82) is 0 Å². The monoisotopic (exact) mass is 226 g/mol. The molecule has 0 aliphatic rings. The Bertz CT molecular complexity index is 343. The lowest BCUT2D eigenvalue weighted by atomic mass is 9.86. The lowest BCUT2D eigenvalue weighted by molar-refractivity contribution is -0.134. The zero-order valence-corrected chi connectivity index (χ0v) is 10.1. The molecule has 4 nitrogen and oxygen atoms in total. The van der Waals surface area contributed by atoms with Crippen molar-refractivity contribution in [2.24, 2.45) is 5.41 Å². The molecule has 0 aromatic rings. The van der Waals surface area contributed by atoms with Crippen LogP contribution in [0, 0.1) is 5.41 Å². The van der Waals surface area contributed by atoms with Gasteiger partial charge in [-0.1, -0.05) is 39.8 Å². The van der Waals surface area contributed by atoms with Crippen molar-refractivity contribution >= 4 is 11.9 Å². The minimum absolute atomic E-state index is 0.194. The zero-order chi connectivity index (χ0) is 12.9. The first-order chi connectivity index (χ1) is 7.20. The molecule has 90 valence electrons. The number of aliphatic carboxylic acids is 2. The summed E-state index contributed by atoms with van der Waals surface area (Å²) in [7, 11) is 0. The standard InChI is InChI=1S/C12H18O4/c1-5-8(10(13)14)6-7-9(11(15)16)12(2,3)4/h6-7H,5H2,1-4H3,(H,13,14)(H,15,16). The average molecular weight is 226 g/mol. The predicted octanol–water partition coefficient (Wildman–Crippen LogP) is 2.46. The summed E-state index contributed by atoms with van der Waals surface area (Å²) >= 11 is 0. The van der Waals surface area contributed by atoms with E-state index in [-0.39, 0.29) is 11.1 Å². The largest absolute Gasteiger partial charge is 0.478 e. The van der Waals surface area contributed by atoms with Gasteiger partial charge in [-0.3, -0.25) is 0 Å². The van der Waals surface area contributed by atoms with E-state index in [1.165, 1.54) is 12.2 Å². The molecule has 0 saturated heterocycles. The maximum Gasteiger partial charge on any atom is 0.332 e. The Labute approximate surface area is 95.3 Å². The van der Waals surface area contributed by atoms with Gasteiger partial charge >= 0.3 is 11.9 Å². The molecule has 0 aromatic heterocycles. The van der Waals surface area contributed by atoms with Crippen LogP contribution in [0.3, 0.4) is 0 Å². The first kappa shape index (κ1) is 14.4. The number of carboxylic acids is 2. The second kappa shape index (κ2) is 5.49. The smallest absolute Gasteiger partial charge is 0.332 e. The van der Waals surface area contributed by atoms with Gasteiger partial charge in [0.05, 0.1) is 0 Å². The van der Waals surface area contributed by atoms with Crippen LogP contribution in [-0.2, 0) is 9.59 Å². The van der Waals surface area contributed by atoms with Crippen molar-refractivity contribution < 1.29 is 19.8 Å². The summed E-state index contributed by atoms with van der Waals surface area (Å²) in [5.74, 6) is -2.04. The fraction of sp³-hybridized carbons (Fsp3) is 0.500. The van der Waals surface area contributed by atoms with E-state index in [1.807, 2.05) is 0 Å². The van der Waals surface area contributed by atoms with E-state index < -0.39 is 17.4 Å². The molecular weight excluding hydrogens is 208 g/mol. The summed E-state index contributed by atoms with van der Waals surface area (Å²) in [5.41, 5.74) is -0.123. The first-order valence-corrected chi connectivity index (χ1v) is 5.08. The number of hydrogen-bond donors (Lipinski definition) is 2. The minimum atomic E-state index is -1.02. The van der Waals surface area contributed by atoms with E-state index in [0.717, 1.165) is 0 Å². The second-order valence-corrected chi connectivity index (χ2v) is 4.49. The molecule has 0 bridgehead atoms. The van der Waals surface area contributed by atoms with Gasteiger partial charge in [0.2, 0.25) is 0 Å². The van der Waals surface area contributed by atoms with E-state index in [4.69, 9.17) is 10.2 Å². The summed E-state index contributed by atoms with van der Waals surface area (Å²) in [4.78, 5) is 21.7. The van der Waals surface area contributed by atoms with E-state index in [0.29, 0.717) is 6.42 Å². The summed E-state index contributed by atoms with van der Waals surface area (Å²) in [5, 5.41) is 17.8. The topological polar surface area (TPSA) is 74.6 Å². The molecule has 0 aliphatic heterocycles. The molecule has 0 amide bonds.